The summed E-state index contributed by atoms with van der Waals surface area (Å²) in [5.74, 6) is 0.0952. The molecule has 3 heterocycles. The van der Waals surface area contributed by atoms with E-state index in [4.69, 9.17) is 0 Å². The summed E-state index contributed by atoms with van der Waals surface area (Å²) in [6.07, 6.45) is 1.75. The van der Waals surface area contributed by atoms with E-state index in [9.17, 15) is 9.59 Å². The van der Waals surface area contributed by atoms with E-state index in [2.05, 4.69) is 16.0 Å². The van der Waals surface area contributed by atoms with Gasteiger partial charge in [0.2, 0.25) is 0 Å². The third kappa shape index (κ3) is 3.79. The number of aromatic nitrogens is 2. The molecule has 1 aliphatic heterocycles. The largest absolute Gasteiger partial charge is 0.336 e. The Labute approximate surface area is 161 Å². The molecule has 7 heteroatoms. The molecule has 6 nitrogen and oxygen atoms in total. The molecule has 27 heavy (non-hydrogen) atoms. The van der Waals surface area contributed by atoms with Crippen LogP contribution in [0.25, 0.3) is 4.96 Å². The van der Waals surface area contributed by atoms with Gasteiger partial charge in [-0.3, -0.25) is 18.9 Å². The summed E-state index contributed by atoms with van der Waals surface area (Å²) < 4.78 is 1.56. The fourth-order valence-electron chi connectivity index (χ4n) is 3.59. The van der Waals surface area contributed by atoms with Gasteiger partial charge in [-0.05, 0) is 26.0 Å². The zero-order chi connectivity index (χ0) is 19.0. The van der Waals surface area contributed by atoms with Crippen molar-refractivity contribution < 1.29 is 4.79 Å². The Balaban J connectivity index is 1.41. The second kappa shape index (κ2) is 7.25. The zero-order valence-electron chi connectivity index (χ0n) is 15.5. The smallest absolute Gasteiger partial charge is 0.258 e. The van der Waals surface area contributed by atoms with Crippen LogP contribution in [0.15, 0.2) is 40.6 Å². The maximum Gasteiger partial charge on any atom is 0.258 e. The number of hydrogen-bond acceptors (Lipinski definition) is 5. The Morgan fingerprint density at radius 2 is 1.78 bits per heavy atom. The minimum Gasteiger partial charge on any atom is -0.336 e. The number of nitrogens with zero attached hydrogens (tertiary/aromatic N) is 4. The Morgan fingerprint density at radius 1 is 1.07 bits per heavy atom. The first kappa shape index (κ1) is 17.9. The molecule has 0 unspecified atom stereocenters. The van der Waals surface area contributed by atoms with Crippen LogP contribution in [0.1, 0.15) is 27.2 Å². The van der Waals surface area contributed by atoms with Gasteiger partial charge >= 0.3 is 0 Å². The van der Waals surface area contributed by atoms with Crippen molar-refractivity contribution >= 4 is 22.2 Å². The second-order valence-electron chi connectivity index (χ2n) is 7.09. The number of hydrogen-bond donors (Lipinski definition) is 0. The fourth-order valence-corrected chi connectivity index (χ4v) is 4.33. The lowest BCUT2D eigenvalue weighted by Crippen LogP contribution is -2.48. The molecule has 0 spiro atoms. The minimum atomic E-state index is -0.0418. The van der Waals surface area contributed by atoms with Crippen molar-refractivity contribution in [1.29, 1.82) is 0 Å². The number of benzene rings is 1. The summed E-state index contributed by atoms with van der Waals surface area (Å²) in [7, 11) is 0. The summed E-state index contributed by atoms with van der Waals surface area (Å²) in [4.78, 5) is 34.3. The molecule has 1 aliphatic rings. The maximum absolute atomic E-state index is 12.8. The lowest BCUT2D eigenvalue weighted by atomic mass is 10.1. The summed E-state index contributed by atoms with van der Waals surface area (Å²) in [5, 5.41) is 1.87. The molecule has 0 aliphatic carbocycles. The summed E-state index contributed by atoms with van der Waals surface area (Å²) in [5.41, 5.74) is 3.73. The molecule has 1 fully saturated rings. The van der Waals surface area contributed by atoms with Gasteiger partial charge in [0.05, 0.1) is 5.69 Å². The van der Waals surface area contributed by atoms with E-state index in [1.165, 1.54) is 11.3 Å². The van der Waals surface area contributed by atoms with Gasteiger partial charge in [0.1, 0.15) is 0 Å². The quantitative estimate of drug-likeness (QED) is 0.698. The molecule has 1 saturated heterocycles. The number of fused-ring (bicyclic) bond motifs is 1. The number of amides is 1. The van der Waals surface area contributed by atoms with Crippen molar-refractivity contribution in [3.8, 4) is 0 Å². The second-order valence-corrected chi connectivity index (χ2v) is 7.96. The average Bonchev–Trinajstić information content (AvgIpc) is 3.10. The van der Waals surface area contributed by atoms with E-state index in [0.717, 1.165) is 40.4 Å². The molecule has 140 valence electrons. The van der Waals surface area contributed by atoms with E-state index in [1.807, 2.05) is 36.3 Å². The molecular formula is C20H22N4O2S. The van der Waals surface area contributed by atoms with Crippen LogP contribution >= 0.6 is 11.3 Å². The van der Waals surface area contributed by atoms with E-state index < -0.39 is 0 Å². The van der Waals surface area contributed by atoms with Crippen LogP contribution < -0.4 is 5.56 Å². The number of carbonyl (C=O) groups excluding carboxylic acids is 1. The highest BCUT2D eigenvalue weighted by Crippen LogP contribution is 2.14. The van der Waals surface area contributed by atoms with Crippen LogP contribution in [-0.4, -0.2) is 51.3 Å². The topological polar surface area (TPSA) is 57.9 Å². The predicted octanol–water partition coefficient (Wildman–Crippen LogP) is 2.33. The van der Waals surface area contributed by atoms with Gasteiger partial charge in [0.15, 0.2) is 4.96 Å². The fraction of sp³-hybridized carbons (Fsp3) is 0.350. The number of thiazole rings is 1. The lowest BCUT2D eigenvalue weighted by molar-refractivity contribution is 0.0627. The summed E-state index contributed by atoms with van der Waals surface area (Å²) in [6, 6.07) is 7.59. The van der Waals surface area contributed by atoms with Gasteiger partial charge in [-0.1, -0.05) is 17.2 Å². The highest BCUT2D eigenvalue weighted by Gasteiger charge is 2.23. The van der Waals surface area contributed by atoms with E-state index in [-0.39, 0.29) is 11.5 Å². The summed E-state index contributed by atoms with van der Waals surface area (Å²) >= 11 is 1.46. The van der Waals surface area contributed by atoms with Crippen molar-refractivity contribution in [3.63, 3.8) is 0 Å². The van der Waals surface area contributed by atoms with Crippen LogP contribution in [0.3, 0.4) is 0 Å². The first-order valence-corrected chi connectivity index (χ1v) is 9.93. The van der Waals surface area contributed by atoms with Gasteiger partial charge in [-0.2, -0.15) is 0 Å². The lowest BCUT2D eigenvalue weighted by Gasteiger charge is -2.34. The van der Waals surface area contributed by atoms with Crippen LogP contribution in [0.2, 0.25) is 0 Å². The molecule has 2 aromatic heterocycles. The normalized spacial score (nSPS) is 15.4. The minimum absolute atomic E-state index is 0.0418. The predicted molar refractivity (Wildman–Crippen MR) is 106 cm³/mol. The first-order valence-electron chi connectivity index (χ1n) is 9.05. The SMILES string of the molecule is Cc1cc(C)cc(C(=O)N2CCN(Cc3cc(=O)n4ccsc4n3)CC2)c1. The molecule has 0 N–H and O–H groups in total. The Bertz CT molecular complexity index is 1030. The Kier molecular flexibility index (Phi) is 4.80. The first-order chi connectivity index (χ1) is 13.0. The van der Waals surface area contributed by atoms with Crippen LogP contribution in [-0.2, 0) is 6.54 Å². The van der Waals surface area contributed by atoms with Crippen LogP contribution in [0.5, 0.6) is 0 Å². The van der Waals surface area contributed by atoms with Crippen molar-refractivity contribution in [2.75, 3.05) is 26.2 Å². The number of piperazine rings is 1. The maximum atomic E-state index is 12.8. The Morgan fingerprint density at radius 3 is 2.48 bits per heavy atom. The van der Waals surface area contributed by atoms with E-state index in [1.54, 1.807) is 16.7 Å². The van der Waals surface area contributed by atoms with Crippen LogP contribution in [0.4, 0.5) is 0 Å². The van der Waals surface area contributed by atoms with E-state index in [0.29, 0.717) is 19.6 Å². The molecule has 3 aromatic rings. The Hall–Kier alpha value is -2.51. The zero-order valence-corrected chi connectivity index (χ0v) is 16.3. The molecule has 1 aromatic carbocycles. The van der Waals surface area contributed by atoms with Crippen molar-refractivity contribution in [1.82, 2.24) is 19.2 Å². The monoisotopic (exact) mass is 382 g/mol. The van der Waals surface area contributed by atoms with Crippen molar-refractivity contribution in [2.45, 2.75) is 20.4 Å². The van der Waals surface area contributed by atoms with Crippen LogP contribution in [0, 0.1) is 13.8 Å². The number of rotatable bonds is 3. The highest BCUT2D eigenvalue weighted by molar-refractivity contribution is 7.15. The molecule has 0 saturated carbocycles. The molecule has 0 radical (unpaired) electrons. The van der Waals surface area contributed by atoms with Crippen molar-refractivity contribution in [3.05, 3.63) is 68.6 Å². The molecule has 0 bridgehead atoms. The average molecular weight is 382 g/mol. The van der Waals surface area contributed by atoms with Gasteiger partial charge in [-0.15, -0.1) is 11.3 Å². The molecule has 1 amide bonds. The van der Waals surface area contributed by atoms with Gasteiger partial charge < -0.3 is 4.90 Å². The van der Waals surface area contributed by atoms with Crippen molar-refractivity contribution in [2.24, 2.45) is 0 Å². The highest BCUT2D eigenvalue weighted by atomic mass is 32.1. The molecule has 0 atom stereocenters. The molecular weight excluding hydrogens is 360 g/mol. The van der Waals surface area contributed by atoms with Gasteiger partial charge in [0.25, 0.3) is 11.5 Å². The molecule has 4 rings (SSSR count). The standard InChI is InChI=1S/C20H22N4O2S/c1-14-9-15(2)11-16(10-14)19(26)23-5-3-22(4-6-23)13-17-12-18(25)24-7-8-27-20(24)21-17/h7-12H,3-6,13H2,1-2H3. The summed E-state index contributed by atoms with van der Waals surface area (Å²) in [6.45, 7) is 7.60. The number of carbonyl (C=O) groups is 1. The van der Waals surface area contributed by atoms with Gasteiger partial charge in [0, 0.05) is 55.9 Å². The van der Waals surface area contributed by atoms with E-state index >= 15 is 0 Å². The number of aryl methyl sites for hydroxylation is 2. The third-order valence-electron chi connectivity index (χ3n) is 4.87. The van der Waals surface area contributed by atoms with Gasteiger partial charge in [-0.25, -0.2) is 4.98 Å². The third-order valence-corrected chi connectivity index (χ3v) is 5.63.